The average molecular weight is 429 g/mol. The van der Waals surface area contributed by atoms with Crippen molar-refractivity contribution in [1.82, 2.24) is 20.1 Å². The molecule has 0 atom stereocenters. The molecule has 3 saturated heterocycles. The second-order valence-corrected chi connectivity index (χ2v) is 9.26. The molecule has 0 aromatic carbocycles. The molecule has 0 bridgehead atoms. The number of amides is 2. The second kappa shape index (κ2) is 11.0. The Labute approximate surface area is 185 Å². The summed E-state index contributed by atoms with van der Waals surface area (Å²) in [5.41, 5.74) is 1.08. The third kappa shape index (κ3) is 6.26. The zero-order valence-corrected chi connectivity index (χ0v) is 18.5. The lowest BCUT2D eigenvalue weighted by atomic mass is 9.92. The molecule has 0 unspecified atom stereocenters. The predicted molar refractivity (Wildman–Crippen MR) is 118 cm³/mol. The van der Waals surface area contributed by atoms with Crippen molar-refractivity contribution in [3.05, 3.63) is 30.1 Å². The van der Waals surface area contributed by atoms with Gasteiger partial charge in [-0.3, -0.25) is 14.6 Å². The Morgan fingerprint density at radius 1 is 0.968 bits per heavy atom. The number of hydrogen-bond acceptors (Lipinski definition) is 5. The molecule has 1 aromatic rings. The molecule has 3 aliphatic rings. The van der Waals surface area contributed by atoms with Gasteiger partial charge in [0.05, 0.1) is 0 Å². The molecule has 4 rings (SSSR count). The Bertz CT molecular complexity index is 707. The standard InChI is InChI=1S/C24H36N4O3/c29-23(17-19-7-15-31-16-8-19)28-13-5-22(6-14-28)27-11-3-21(4-12-27)24(30)26-18-20-1-9-25-10-2-20/h1-2,9-10,19,21-22H,3-8,11-18H2,(H,26,30). The first-order valence-electron chi connectivity index (χ1n) is 11.9. The van der Waals surface area contributed by atoms with Gasteiger partial charge in [0.2, 0.25) is 11.8 Å². The topological polar surface area (TPSA) is 74.8 Å². The maximum atomic E-state index is 12.7. The largest absolute Gasteiger partial charge is 0.381 e. The lowest BCUT2D eigenvalue weighted by molar-refractivity contribution is -0.135. The highest BCUT2D eigenvalue weighted by atomic mass is 16.5. The Morgan fingerprint density at radius 3 is 2.32 bits per heavy atom. The van der Waals surface area contributed by atoms with Crippen LogP contribution >= 0.6 is 0 Å². The van der Waals surface area contributed by atoms with Gasteiger partial charge in [-0.1, -0.05) is 0 Å². The maximum absolute atomic E-state index is 12.7. The number of likely N-dealkylation sites (tertiary alicyclic amines) is 2. The van der Waals surface area contributed by atoms with Crippen molar-refractivity contribution >= 4 is 11.8 Å². The van der Waals surface area contributed by atoms with Gasteiger partial charge in [-0.25, -0.2) is 0 Å². The fraction of sp³-hybridized carbons (Fsp3) is 0.708. The molecule has 7 nitrogen and oxygen atoms in total. The van der Waals surface area contributed by atoms with E-state index in [0.717, 1.165) is 83.5 Å². The molecule has 0 saturated carbocycles. The summed E-state index contributed by atoms with van der Waals surface area (Å²) in [6.07, 6.45) is 10.2. The Balaban J connectivity index is 1.14. The summed E-state index contributed by atoms with van der Waals surface area (Å²) < 4.78 is 5.41. The van der Waals surface area contributed by atoms with Gasteiger partial charge in [0, 0.05) is 63.6 Å². The highest BCUT2D eigenvalue weighted by Gasteiger charge is 2.32. The van der Waals surface area contributed by atoms with Gasteiger partial charge in [0.15, 0.2) is 0 Å². The van der Waals surface area contributed by atoms with Gasteiger partial charge in [-0.05, 0) is 75.2 Å². The number of ether oxygens (including phenoxy) is 1. The van der Waals surface area contributed by atoms with Crippen molar-refractivity contribution < 1.29 is 14.3 Å². The molecule has 31 heavy (non-hydrogen) atoms. The van der Waals surface area contributed by atoms with Gasteiger partial charge in [-0.2, -0.15) is 0 Å². The van der Waals surface area contributed by atoms with Crippen molar-refractivity contribution in [2.45, 2.75) is 57.5 Å². The van der Waals surface area contributed by atoms with Crippen LogP contribution in [0.2, 0.25) is 0 Å². The van der Waals surface area contributed by atoms with Crippen molar-refractivity contribution in [2.24, 2.45) is 11.8 Å². The predicted octanol–water partition coefficient (Wildman–Crippen LogP) is 2.22. The molecule has 3 fully saturated rings. The van der Waals surface area contributed by atoms with Crippen LogP contribution in [0, 0.1) is 11.8 Å². The van der Waals surface area contributed by atoms with Gasteiger partial charge in [-0.15, -0.1) is 0 Å². The molecule has 2 amide bonds. The summed E-state index contributed by atoms with van der Waals surface area (Å²) in [6.45, 7) is 5.89. The Morgan fingerprint density at radius 2 is 1.65 bits per heavy atom. The molecule has 1 aromatic heterocycles. The normalized spacial score (nSPS) is 22.4. The molecule has 0 aliphatic carbocycles. The first-order chi connectivity index (χ1) is 15.2. The summed E-state index contributed by atoms with van der Waals surface area (Å²) >= 11 is 0. The van der Waals surface area contributed by atoms with Gasteiger partial charge < -0.3 is 19.9 Å². The summed E-state index contributed by atoms with van der Waals surface area (Å²) in [5.74, 6) is 1.11. The number of carbonyl (C=O) groups is 2. The van der Waals surface area contributed by atoms with Crippen LogP contribution in [-0.4, -0.2) is 72.0 Å². The molecule has 1 N–H and O–H groups in total. The van der Waals surface area contributed by atoms with Crippen LogP contribution in [0.1, 0.15) is 50.5 Å². The molecule has 0 spiro atoms. The highest BCUT2D eigenvalue weighted by Crippen LogP contribution is 2.26. The van der Waals surface area contributed by atoms with E-state index in [-0.39, 0.29) is 11.8 Å². The zero-order chi connectivity index (χ0) is 21.5. The van der Waals surface area contributed by atoms with E-state index in [1.807, 2.05) is 12.1 Å². The van der Waals surface area contributed by atoms with Gasteiger partial charge >= 0.3 is 0 Å². The quantitative estimate of drug-likeness (QED) is 0.752. The molecule has 0 radical (unpaired) electrons. The van der Waals surface area contributed by atoms with Crippen LogP contribution in [0.3, 0.4) is 0 Å². The first kappa shape index (κ1) is 22.2. The molecule has 3 aliphatic heterocycles. The lowest BCUT2D eigenvalue weighted by Crippen LogP contribution is -2.50. The first-order valence-corrected chi connectivity index (χ1v) is 11.9. The van der Waals surface area contributed by atoms with E-state index in [4.69, 9.17) is 4.74 Å². The molecule has 4 heterocycles. The lowest BCUT2D eigenvalue weighted by Gasteiger charge is -2.41. The number of hydrogen-bond donors (Lipinski definition) is 1. The number of aromatic nitrogens is 1. The van der Waals surface area contributed by atoms with E-state index in [1.54, 1.807) is 12.4 Å². The summed E-state index contributed by atoms with van der Waals surface area (Å²) in [5, 5.41) is 3.08. The second-order valence-electron chi connectivity index (χ2n) is 9.26. The van der Waals surface area contributed by atoms with Crippen molar-refractivity contribution in [3.63, 3.8) is 0 Å². The Kier molecular flexibility index (Phi) is 7.92. The monoisotopic (exact) mass is 428 g/mol. The van der Waals surface area contributed by atoms with Crippen LogP contribution in [0.5, 0.6) is 0 Å². The van der Waals surface area contributed by atoms with Crippen LogP contribution in [0.4, 0.5) is 0 Å². The third-order valence-electron chi connectivity index (χ3n) is 7.25. The third-order valence-corrected chi connectivity index (χ3v) is 7.25. The summed E-state index contributed by atoms with van der Waals surface area (Å²) in [4.78, 5) is 33.8. The fourth-order valence-corrected chi connectivity index (χ4v) is 5.17. The molecular formula is C24H36N4O3. The molecular weight excluding hydrogens is 392 g/mol. The van der Waals surface area contributed by atoms with Crippen molar-refractivity contribution in [2.75, 3.05) is 39.4 Å². The van der Waals surface area contributed by atoms with E-state index >= 15 is 0 Å². The summed E-state index contributed by atoms with van der Waals surface area (Å²) in [7, 11) is 0. The number of nitrogens with one attached hydrogen (secondary N) is 1. The summed E-state index contributed by atoms with van der Waals surface area (Å²) in [6, 6.07) is 4.42. The minimum absolute atomic E-state index is 0.110. The molecule has 7 heteroatoms. The molecule has 170 valence electrons. The van der Waals surface area contributed by atoms with Crippen LogP contribution in [-0.2, 0) is 20.9 Å². The minimum atomic E-state index is 0.110. The van der Waals surface area contributed by atoms with Gasteiger partial charge in [0.1, 0.15) is 0 Å². The highest BCUT2D eigenvalue weighted by molar-refractivity contribution is 5.78. The number of carbonyl (C=O) groups excluding carboxylic acids is 2. The zero-order valence-electron chi connectivity index (χ0n) is 18.5. The SMILES string of the molecule is O=C(NCc1ccncc1)C1CCN(C2CCN(C(=O)CC3CCOCC3)CC2)CC1. The van der Waals surface area contributed by atoms with E-state index < -0.39 is 0 Å². The van der Waals surface area contributed by atoms with Crippen LogP contribution < -0.4 is 5.32 Å². The number of rotatable bonds is 6. The van der Waals surface area contributed by atoms with E-state index in [0.29, 0.717) is 30.8 Å². The fourth-order valence-electron chi connectivity index (χ4n) is 5.17. The number of piperidine rings is 2. The van der Waals surface area contributed by atoms with Crippen molar-refractivity contribution in [1.29, 1.82) is 0 Å². The van der Waals surface area contributed by atoms with E-state index in [9.17, 15) is 9.59 Å². The number of pyridine rings is 1. The van der Waals surface area contributed by atoms with Crippen LogP contribution in [0.25, 0.3) is 0 Å². The van der Waals surface area contributed by atoms with Gasteiger partial charge in [0.25, 0.3) is 0 Å². The maximum Gasteiger partial charge on any atom is 0.223 e. The average Bonchev–Trinajstić information content (AvgIpc) is 2.84. The van der Waals surface area contributed by atoms with E-state index in [2.05, 4.69) is 20.1 Å². The Hall–Kier alpha value is -1.99. The van der Waals surface area contributed by atoms with Crippen molar-refractivity contribution in [3.8, 4) is 0 Å². The van der Waals surface area contributed by atoms with Crippen LogP contribution in [0.15, 0.2) is 24.5 Å². The number of nitrogens with zero attached hydrogens (tertiary/aromatic N) is 3. The van der Waals surface area contributed by atoms with E-state index in [1.165, 1.54) is 0 Å². The minimum Gasteiger partial charge on any atom is -0.381 e. The smallest absolute Gasteiger partial charge is 0.223 e.